The molecule has 3 rings (SSSR count). The zero-order valence-corrected chi connectivity index (χ0v) is 18.7. The van der Waals surface area contributed by atoms with Crippen LogP contribution in [0.15, 0.2) is 21.5 Å². The number of rotatable bonds is 5. The molecule has 1 saturated heterocycles. The number of aryl methyl sites for hydroxylation is 1. The molecule has 0 aromatic carbocycles. The van der Waals surface area contributed by atoms with E-state index >= 15 is 0 Å². The first-order valence-corrected chi connectivity index (χ1v) is 9.21. The lowest BCUT2D eigenvalue weighted by Crippen LogP contribution is -2.68. The molecule has 4 atom stereocenters. The monoisotopic (exact) mass is 477 g/mol. The van der Waals surface area contributed by atoms with Crippen molar-refractivity contribution in [3.63, 3.8) is 0 Å². The fourth-order valence-electron chi connectivity index (χ4n) is 4.12. The van der Waals surface area contributed by atoms with Crippen molar-refractivity contribution in [2.75, 3.05) is 19.7 Å². The molecule has 7 heteroatoms. The van der Waals surface area contributed by atoms with Crippen molar-refractivity contribution < 1.29 is 14.3 Å². The maximum absolute atomic E-state index is 10.7. The zero-order valence-electron chi connectivity index (χ0n) is 16.3. The smallest absolute Gasteiger partial charge is 0.191 e. The molecule has 26 heavy (non-hydrogen) atoms. The Morgan fingerprint density at radius 2 is 2.15 bits per heavy atom. The van der Waals surface area contributed by atoms with E-state index < -0.39 is 5.60 Å². The van der Waals surface area contributed by atoms with Crippen molar-refractivity contribution in [3.05, 3.63) is 23.7 Å². The van der Waals surface area contributed by atoms with Crippen LogP contribution in [0.4, 0.5) is 0 Å². The van der Waals surface area contributed by atoms with E-state index in [2.05, 4.69) is 29.5 Å². The van der Waals surface area contributed by atoms with E-state index in [0.717, 1.165) is 31.3 Å². The van der Waals surface area contributed by atoms with E-state index in [4.69, 9.17) is 9.15 Å². The van der Waals surface area contributed by atoms with Gasteiger partial charge in [0, 0.05) is 30.5 Å². The summed E-state index contributed by atoms with van der Waals surface area (Å²) in [4.78, 5) is 4.62. The molecular weight excluding hydrogens is 445 g/mol. The third-order valence-corrected chi connectivity index (χ3v) is 5.55. The second-order valence-electron chi connectivity index (χ2n) is 8.07. The molecule has 1 aliphatic heterocycles. The Morgan fingerprint density at radius 1 is 1.42 bits per heavy atom. The van der Waals surface area contributed by atoms with Crippen LogP contribution in [0.25, 0.3) is 0 Å². The summed E-state index contributed by atoms with van der Waals surface area (Å²) in [5.41, 5.74) is -1.05. The van der Waals surface area contributed by atoms with Crippen LogP contribution in [-0.2, 0) is 10.3 Å². The summed E-state index contributed by atoms with van der Waals surface area (Å²) in [5, 5.41) is 17.5. The van der Waals surface area contributed by atoms with Crippen LogP contribution in [0.2, 0.25) is 0 Å². The summed E-state index contributed by atoms with van der Waals surface area (Å²) in [6, 6.07) is 3.99. The highest BCUT2D eigenvalue weighted by molar-refractivity contribution is 14.0. The number of ether oxygens (including phenoxy) is 1. The normalized spacial score (nSPS) is 29.2. The fourth-order valence-corrected chi connectivity index (χ4v) is 4.12. The number of guanidine groups is 1. The summed E-state index contributed by atoms with van der Waals surface area (Å²) < 4.78 is 11.4. The van der Waals surface area contributed by atoms with Crippen LogP contribution in [-0.4, -0.2) is 42.9 Å². The summed E-state index contributed by atoms with van der Waals surface area (Å²) in [6.45, 7) is 12.0. The number of nitrogens with zero attached hydrogens (tertiary/aromatic N) is 1. The van der Waals surface area contributed by atoms with Crippen LogP contribution in [0.1, 0.15) is 45.6 Å². The fraction of sp³-hybridized carbons (Fsp3) is 0.737. The van der Waals surface area contributed by atoms with Crippen LogP contribution in [0.3, 0.4) is 0 Å². The summed E-state index contributed by atoms with van der Waals surface area (Å²) in [5.74, 6) is 2.59. The van der Waals surface area contributed by atoms with Crippen molar-refractivity contribution in [1.82, 2.24) is 10.6 Å². The molecule has 3 N–H and O–H groups in total. The SMILES string of the molecule is CCNC(=NCC(C)(O)c1ccc(C)o1)NC1C2CCOC2C1(C)C.I. The predicted octanol–water partition coefficient (Wildman–Crippen LogP) is 2.78. The van der Waals surface area contributed by atoms with E-state index in [1.807, 2.05) is 19.9 Å². The molecule has 2 aliphatic rings. The minimum Gasteiger partial charge on any atom is -0.463 e. The van der Waals surface area contributed by atoms with Crippen LogP contribution >= 0.6 is 24.0 Å². The molecule has 0 bridgehead atoms. The first-order valence-electron chi connectivity index (χ1n) is 9.21. The van der Waals surface area contributed by atoms with E-state index in [0.29, 0.717) is 23.8 Å². The number of fused-ring (bicyclic) bond motifs is 1. The third-order valence-electron chi connectivity index (χ3n) is 5.55. The molecule has 1 saturated carbocycles. The van der Waals surface area contributed by atoms with Gasteiger partial charge in [-0.3, -0.25) is 0 Å². The standard InChI is InChI=1S/C19H31N3O3.HI/c1-6-20-17(21-11-19(5,23)14-8-7-12(2)25-14)22-15-13-9-10-24-16(13)18(15,3)4;/h7-8,13,15-16,23H,6,9-11H2,1-5H3,(H2,20,21,22);1H. The summed E-state index contributed by atoms with van der Waals surface area (Å²) in [6.07, 6.45) is 1.43. The maximum atomic E-state index is 10.7. The van der Waals surface area contributed by atoms with Gasteiger partial charge in [-0.2, -0.15) is 0 Å². The van der Waals surface area contributed by atoms with Crippen LogP contribution in [0, 0.1) is 18.3 Å². The Kier molecular flexibility index (Phi) is 6.66. The highest BCUT2D eigenvalue weighted by atomic mass is 127. The van der Waals surface area contributed by atoms with Crippen molar-refractivity contribution in [2.24, 2.45) is 16.3 Å². The Morgan fingerprint density at radius 3 is 2.77 bits per heavy atom. The molecule has 1 aromatic heterocycles. The van der Waals surface area contributed by atoms with Gasteiger partial charge in [-0.15, -0.1) is 24.0 Å². The molecule has 148 valence electrons. The van der Waals surface area contributed by atoms with Gasteiger partial charge in [0.1, 0.15) is 17.1 Å². The second-order valence-corrected chi connectivity index (χ2v) is 8.07. The zero-order chi connectivity index (χ0) is 18.2. The molecule has 2 fully saturated rings. The molecule has 0 spiro atoms. The molecule has 1 aromatic rings. The molecule has 2 heterocycles. The van der Waals surface area contributed by atoms with Crippen molar-refractivity contribution >= 4 is 29.9 Å². The average Bonchev–Trinajstić information content (AvgIpc) is 3.18. The van der Waals surface area contributed by atoms with E-state index in [1.165, 1.54) is 0 Å². The van der Waals surface area contributed by atoms with E-state index in [9.17, 15) is 5.11 Å². The highest BCUT2D eigenvalue weighted by Crippen LogP contribution is 2.52. The van der Waals surface area contributed by atoms with E-state index in [-0.39, 0.29) is 35.9 Å². The van der Waals surface area contributed by atoms with Crippen LogP contribution < -0.4 is 10.6 Å². The van der Waals surface area contributed by atoms with Gasteiger partial charge >= 0.3 is 0 Å². The second kappa shape index (κ2) is 8.06. The lowest BCUT2D eigenvalue weighted by atomic mass is 9.57. The van der Waals surface area contributed by atoms with Gasteiger partial charge in [-0.05, 0) is 39.3 Å². The first kappa shape index (κ1) is 21.5. The van der Waals surface area contributed by atoms with E-state index in [1.54, 1.807) is 13.0 Å². The van der Waals surface area contributed by atoms with Gasteiger partial charge in [-0.25, -0.2) is 4.99 Å². The van der Waals surface area contributed by atoms with Gasteiger partial charge < -0.3 is 24.9 Å². The summed E-state index contributed by atoms with van der Waals surface area (Å²) >= 11 is 0. The Bertz CT molecular complexity index is 642. The Balaban J connectivity index is 0.00000243. The van der Waals surface area contributed by atoms with Gasteiger partial charge in [0.15, 0.2) is 5.96 Å². The van der Waals surface area contributed by atoms with Gasteiger partial charge in [0.2, 0.25) is 0 Å². The molecular formula is C19H32IN3O3. The lowest BCUT2D eigenvalue weighted by Gasteiger charge is -2.55. The summed E-state index contributed by atoms with van der Waals surface area (Å²) in [7, 11) is 0. The number of aliphatic hydroxyl groups is 1. The largest absolute Gasteiger partial charge is 0.463 e. The van der Waals surface area contributed by atoms with Crippen molar-refractivity contribution in [2.45, 2.75) is 58.8 Å². The third kappa shape index (κ3) is 4.04. The average molecular weight is 477 g/mol. The number of aliphatic imine (C=N–C) groups is 1. The number of hydrogen-bond acceptors (Lipinski definition) is 4. The number of furan rings is 1. The molecule has 6 nitrogen and oxygen atoms in total. The van der Waals surface area contributed by atoms with Gasteiger partial charge in [0.05, 0.1) is 12.6 Å². The maximum Gasteiger partial charge on any atom is 0.191 e. The lowest BCUT2D eigenvalue weighted by molar-refractivity contribution is -0.106. The van der Waals surface area contributed by atoms with Gasteiger partial charge in [-0.1, -0.05) is 13.8 Å². The minimum absolute atomic E-state index is 0. The quantitative estimate of drug-likeness (QED) is 0.346. The first-order chi connectivity index (χ1) is 11.8. The number of halogens is 1. The minimum atomic E-state index is -1.13. The molecule has 0 amide bonds. The molecule has 1 aliphatic carbocycles. The predicted molar refractivity (Wildman–Crippen MR) is 113 cm³/mol. The van der Waals surface area contributed by atoms with Gasteiger partial charge in [0.25, 0.3) is 0 Å². The molecule has 4 unspecified atom stereocenters. The number of nitrogens with one attached hydrogen (secondary N) is 2. The highest BCUT2D eigenvalue weighted by Gasteiger charge is 2.59. The van der Waals surface area contributed by atoms with Crippen LogP contribution in [0.5, 0.6) is 0 Å². The Labute approximate surface area is 173 Å². The molecule has 0 radical (unpaired) electrons. The van der Waals surface area contributed by atoms with Crippen molar-refractivity contribution in [1.29, 1.82) is 0 Å². The van der Waals surface area contributed by atoms with Crippen molar-refractivity contribution in [3.8, 4) is 0 Å². The Hall–Kier alpha value is -0.800. The topological polar surface area (TPSA) is 79.0 Å². The number of hydrogen-bond donors (Lipinski definition) is 3.